The molecule has 23 heavy (non-hydrogen) atoms. The molecule has 0 amide bonds. The largest absolute Gasteiger partial charge is 0.457 e. The van der Waals surface area contributed by atoms with Gasteiger partial charge in [0.15, 0.2) is 0 Å². The van der Waals surface area contributed by atoms with Crippen LogP contribution in [0.15, 0.2) is 48.5 Å². The molecule has 0 saturated heterocycles. The van der Waals surface area contributed by atoms with Gasteiger partial charge in [0.1, 0.15) is 11.5 Å². The van der Waals surface area contributed by atoms with Crippen LogP contribution in [0.4, 0.5) is 0 Å². The van der Waals surface area contributed by atoms with Crippen LogP contribution < -0.4 is 9.47 Å². The number of rotatable bonds is 6. The maximum Gasteiger partial charge on any atom is 0.230 e. The molecule has 2 rings (SSSR count). The quantitative estimate of drug-likeness (QED) is 0.572. The molecule has 0 aliphatic heterocycles. The van der Waals surface area contributed by atoms with Gasteiger partial charge in [0.2, 0.25) is 6.79 Å². The fraction of sp³-hybridized carbons (Fsp3) is 0.263. The van der Waals surface area contributed by atoms with E-state index in [4.69, 9.17) is 20.3 Å². The van der Waals surface area contributed by atoms with Crippen molar-refractivity contribution in [3.8, 4) is 11.5 Å². The molecule has 4 nitrogen and oxygen atoms in total. The molecule has 0 spiro atoms. The molecule has 4 heteroatoms. The minimum atomic E-state index is 0.0374. The van der Waals surface area contributed by atoms with Crippen molar-refractivity contribution in [2.75, 3.05) is 6.79 Å². The van der Waals surface area contributed by atoms with E-state index in [2.05, 4.69) is 0 Å². The molecule has 0 radical (unpaired) electrons. The lowest BCUT2D eigenvalue weighted by molar-refractivity contribution is 0.119. The number of ether oxygens (including phenoxy) is 2. The van der Waals surface area contributed by atoms with Crippen LogP contribution in [0.1, 0.15) is 38.8 Å². The Morgan fingerprint density at radius 1 is 0.696 bits per heavy atom. The third kappa shape index (κ3) is 6.78. The van der Waals surface area contributed by atoms with Gasteiger partial charge in [-0.1, -0.05) is 52.0 Å². The minimum Gasteiger partial charge on any atom is -0.457 e. The number of nitrogens with one attached hydrogen (secondary N) is 2. The van der Waals surface area contributed by atoms with Crippen LogP contribution in [0.5, 0.6) is 11.5 Å². The Bertz CT molecular complexity index is 532. The summed E-state index contributed by atoms with van der Waals surface area (Å²) in [4.78, 5) is 0. The molecule has 0 aliphatic rings. The second kappa shape index (κ2) is 13.1. The highest BCUT2D eigenvalue weighted by atomic mass is 16.7. The van der Waals surface area contributed by atoms with Crippen LogP contribution in [-0.4, -0.2) is 19.2 Å². The van der Waals surface area contributed by atoms with E-state index in [1.165, 1.54) is 12.4 Å². The maximum atomic E-state index is 7.27. The summed E-state index contributed by atoms with van der Waals surface area (Å²) in [6.07, 6.45) is 2.47. The topological polar surface area (TPSA) is 66.2 Å². The zero-order valence-corrected chi connectivity index (χ0v) is 14.3. The number of hydrogen-bond donors (Lipinski definition) is 2. The van der Waals surface area contributed by atoms with Gasteiger partial charge in [-0.05, 0) is 24.3 Å². The predicted molar refractivity (Wildman–Crippen MR) is 97.5 cm³/mol. The molecule has 0 aliphatic carbocycles. The Kier molecular flexibility index (Phi) is 11.6. The zero-order chi connectivity index (χ0) is 17.5. The van der Waals surface area contributed by atoms with Crippen LogP contribution in [0.25, 0.3) is 0 Å². The lowest BCUT2D eigenvalue weighted by Crippen LogP contribution is -2.08. The molecule has 0 bridgehead atoms. The summed E-state index contributed by atoms with van der Waals surface area (Å²) < 4.78 is 11.0. The average Bonchev–Trinajstić information content (AvgIpc) is 2.66. The smallest absolute Gasteiger partial charge is 0.230 e. The van der Waals surface area contributed by atoms with Crippen LogP contribution >= 0.6 is 0 Å². The Labute approximate surface area is 139 Å². The lowest BCUT2D eigenvalue weighted by atomic mass is 10.2. The fourth-order valence-corrected chi connectivity index (χ4v) is 1.62. The van der Waals surface area contributed by atoms with E-state index >= 15 is 0 Å². The summed E-state index contributed by atoms with van der Waals surface area (Å²) in [5, 5.41) is 14.5. The van der Waals surface area contributed by atoms with E-state index in [0.29, 0.717) is 22.6 Å². The van der Waals surface area contributed by atoms with E-state index in [1.807, 2.05) is 52.0 Å². The highest BCUT2D eigenvalue weighted by Crippen LogP contribution is 2.18. The monoisotopic (exact) mass is 314 g/mol. The van der Waals surface area contributed by atoms with Gasteiger partial charge >= 0.3 is 0 Å². The summed E-state index contributed by atoms with van der Waals surface area (Å²) in [5.74, 6) is 1.20. The summed E-state index contributed by atoms with van der Waals surface area (Å²) >= 11 is 0. The van der Waals surface area contributed by atoms with Gasteiger partial charge in [-0.2, -0.15) is 0 Å². The third-order valence-electron chi connectivity index (χ3n) is 2.58. The predicted octanol–water partition coefficient (Wildman–Crippen LogP) is 5.15. The average molecular weight is 314 g/mol. The molecule has 0 fully saturated rings. The molecule has 2 aromatic carbocycles. The molecule has 0 atom stereocenters. The highest BCUT2D eigenvalue weighted by Gasteiger charge is 2.02. The van der Waals surface area contributed by atoms with Crippen molar-refractivity contribution in [1.82, 2.24) is 0 Å². The van der Waals surface area contributed by atoms with E-state index in [9.17, 15) is 0 Å². The van der Waals surface area contributed by atoms with Crippen LogP contribution in [0.3, 0.4) is 0 Å². The van der Waals surface area contributed by atoms with Gasteiger partial charge < -0.3 is 20.3 Å². The number of para-hydroxylation sites is 2. The van der Waals surface area contributed by atoms with E-state index in [1.54, 1.807) is 24.3 Å². The second-order valence-electron chi connectivity index (χ2n) is 3.77. The van der Waals surface area contributed by atoms with Gasteiger partial charge in [-0.3, -0.25) is 0 Å². The van der Waals surface area contributed by atoms with Crippen molar-refractivity contribution < 1.29 is 9.47 Å². The van der Waals surface area contributed by atoms with Crippen LogP contribution in [-0.2, 0) is 0 Å². The summed E-state index contributed by atoms with van der Waals surface area (Å²) in [7, 11) is 0. The van der Waals surface area contributed by atoms with Crippen molar-refractivity contribution >= 4 is 12.4 Å². The molecular formula is C19H26N2O2. The standard InChI is InChI=1S/C15H14N2O2.2C2H6/c16-9-12-5-1-3-7-14(12)18-11-19-15-8-4-2-6-13(15)10-17;2*1-2/h1-10,16-17H,11H2;2*1-2H3. The van der Waals surface area contributed by atoms with Gasteiger partial charge in [-0.15, -0.1) is 0 Å². The maximum absolute atomic E-state index is 7.27. The highest BCUT2D eigenvalue weighted by molar-refractivity contribution is 5.81. The Morgan fingerprint density at radius 3 is 1.39 bits per heavy atom. The van der Waals surface area contributed by atoms with Crippen LogP contribution in [0, 0.1) is 10.8 Å². The van der Waals surface area contributed by atoms with E-state index < -0.39 is 0 Å². The molecule has 0 unspecified atom stereocenters. The van der Waals surface area contributed by atoms with Crippen molar-refractivity contribution in [2.24, 2.45) is 0 Å². The summed E-state index contributed by atoms with van der Waals surface area (Å²) in [6, 6.07) is 14.5. The van der Waals surface area contributed by atoms with Crippen molar-refractivity contribution in [1.29, 1.82) is 10.8 Å². The van der Waals surface area contributed by atoms with Crippen molar-refractivity contribution in [3.63, 3.8) is 0 Å². The van der Waals surface area contributed by atoms with E-state index in [-0.39, 0.29) is 6.79 Å². The lowest BCUT2D eigenvalue weighted by Gasteiger charge is -2.11. The van der Waals surface area contributed by atoms with Crippen LogP contribution in [0.2, 0.25) is 0 Å². The summed E-state index contributed by atoms with van der Waals surface area (Å²) in [6.45, 7) is 8.04. The van der Waals surface area contributed by atoms with Crippen molar-refractivity contribution in [2.45, 2.75) is 27.7 Å². The number of hydrogen-bond acceptors (Lipinski definition) is 4. The minimum absolute atomic E-state index is 0.0374. The Balaban J connectivity index is 0.00000112. The molecular weight excluding hydrogens is 288 g/mol. The second-order valence-corrected chi connectivity index (χ2v) is 3.77. The molecule has 0 heterocycles. The molecule has 2 aromatic rings. The molecule has 0 saturated carbocycles. The van der Waals surface area contributed by atoms with Gasteiger partial charge in [0.05, 0.1) is 0 Å². The summed E-state index contributed by atoms with van der Waals surface area (Å²) in [5.41, 5.74) is 1.40. The van der Waals surface area contributed by atoms with Gasteiger partial charge in [0, 0.05) is 23.6 Å². The number of benzene rings is 2. The van der Waals surface area contributed by atoms with E-state index in [0.717, 1.165) is 0 Å². The first-order chi connectivity index (χ1) is 11.3. The third-order valence-corrected chi connectivity index (χ3v) is 2.58. The zero-order valence-electron chi connectivity index (χ0n) is 14.3. The molecule has 124 valence electrons. The first kappa shape index (κ1) is 20.4. The Hall–Kier alpha value is -2.62. The molecule has 2 N–H and O–H groups in total. The fourth-order valence-electron chi connectivity index (χ4n) is 1.62. The Morgan fingerprint density at radius 2 is 1.04 bits per heavy atom. The van der Waals surface area contributed by atoms with Crippen molar-refractivity contribution in [3.05, 3.63) is 59.7 Å². The van der Waals surface area contributed by atoms with Gasteiger partial charge in [-0.25, -0.2) is 0 Å². The first-order valence-electron chi connectivity index (χ1n) is 7.79. The molecule has 0 aromatic heterocycles. The normalized spacial score (nSPS) is 8.52. The first-order valence-corrected chi connectivity index (χ1v) is 7.79. The SMILES string of the molecule is CC.CC.N=Cc1ccccc1OCOc1ccccc1C=N. The van der Waals surface area contributed by atoms with Gasteiger partial charge in [0.25, 0.3) is 0 Å².